The smallest absolute Gasteiger partial charge is 0.278 e. The van der Waals surface area contributed by atoms with Gasteiger partial charge >= 0.3 is 0 Å². The lowest BCUT2D eigenvalue weighted by atomic mass is 9.96. The lowest BCUT2D eigenvalue weighted by Crippen LogP contribution is -2.27. The third-order valence-corrected chi connectivity index (χ3v) is 2.70. The first-order valence-electron chi connectivity index (χ1n) is 5.23. The molecule has 0 bridgehead atoms. The molecule has 0 aromatic heterocycles. The molecule has 6 nitrogen and oxygen atoms in total. The molecule has 0 fully saturated rings. The van der Waals surface area contributed by atoms with Crippen molar-refractivity contribution < 1.29 is 4.92 Å². The van der Waals surface area contributed by atoms with Crippen LogP contribution in [0, 0.1) is 16.0 Å². The van der Waals surface area contributed by atoms with E-state index in [-0.39, 0.29) is 11.6 Å². The van der Waals surface area contributed by atoms with Crippen LogP contribution in [0.5, 0.6) is 0 Å². The maximum absolute atomic E-state index is 10.9. The highest BCUT2D eigenvalue weighted by Gasteiger charge is 2.23. The average Bonchev–Trinajstić information content (AvgIpc) is 2.32. The zero-order chi connectivity index (χ0) is 12.4. The van der Waals surface area contributed by atoms with Crippen LogP contribution in [-0.4, -0.2) is 16.5 Å². The van der Waals surface area contributed by atoms with Crippen LogP contribution in [0.4, 0.5) is 5.69 Å². The SMILES string of the molecule is CC1CC(c2ccccc2[N+](=O)[O-])=NN=C1N. The fourth-order valence-electron chi connectivity index (χ4n) is 1.69. The van der Waals surface area contributed by atoms with E-state index in [4.69, 9.17) is 5.73 Å². The summed E-state index contributed by atoms with van der Waals surface area (Å²) >= 11 is 0. The summed E-state index contributed by atoms with van der Waals surface area (Å²) < 4.78 is 0. The fourth-order valence-corrected chi connectivity index (χ4v) is 1.69. The molecule has 0 radical (unpaired) electrons. The molecule has 2 N–H and O–H groups in total. The van der Waals surface area contributed by atoms with Gasteiger partial charge in [0, 0.05) is 18.4 Å². The van der Waals surface area contributed by atoms with E-state index < -0.39 is 4.92 Å². The van der Waals surface area contributed by atoms with Gasteiger partial charge in [0.15, 0.2) is 0 Å². The molecule has 1 aliphatic rings. The van der Waals surface area contributed by atoms with Gasteiger partial charge in [0.05, 0.1) is 16.2 Å². The summed E-state index contributed by atoms with van der Waals surface area (Å²) in [5, 5.41) is 18.7. The molecule has 0 saturated heterocycles. The molecule has 1 heterocycles. The molecule has 6 heteroatoms. The van der Waals surface area contributed by atoms with Crippen LogP contribution in [0.1, 0.15) is 18.9 Å². The van der Waals surface area contributed by atoms with Gasteiger partial charge in [-0.2, -0.15) is 5.10 Å². The molecular weight excluding hydrogens is 220 g/mol. The van der Waals surface area contributed by atoms with Crippen molar-refractivity contribution >= 4 is 17.2 Å². The Bertz CT molecular complexity index is 522. The Labute approximate surface area is 98.0 Å². The quantitative estimate of drug-likeness (QED) is 0.621. The number of nitro benzene ring substituents is 1. The van der Waals surface area contributed by atoms with Crippen molar-refractivity contribution in [2.75, 3.05) is 0 Å². The molecule has 1 aromatic rings. The van der Waals surface area contributed by atoms with Crippen LogP contribution in [0.15, 0.2) is 34.5 Å². The standard InChI is InChI=1S/C11H12N4O2/c1-7-6-9(13-14-11(7)12)8-4-2-3-5-10(8)15(16)17/h2-5,7H,6H2,1H3,(H2,12,14). The maximum Gasteiger partial charge on any atom is 0.278 e. The van der Waals surface area contributed by atoms with Gasteiger partial charge in [-0.25, -0.2) is 0 Å². The minimum absolute atomic E-state index is 0.0501. The van der Waals surface area contributed by atoms with E-state index in [1.54, 1.807) is 18.2 Å². The van der Waals surface area contributed by atoms with Crippen LogP contribution < -0.4 is 5.73 Å². The van der Waals surface area contributed by atoms with Gasteiger partial charge in [-0.3, -0.25) is 10.1 Å². The highest BCUT2D eigenvalue weighted by atomic mass is 16.6. The van der Waals surface area contributed by atoms with E-state index in [2.05, 4.69) is 10.2 Å². The number of para-hydroxylation sites is 1. The van der Waals surface area contributed by atoms with Gasteiger partial charge < -0.3 is 5.73 Å². The van der Waals surface area contributed by atoms with Crippen LogP contribution in [0.2, 0.25) is 0 Å². The number of rotatable bonds is 2. The molecule has 0 spiro atoms. The van der Waals surface area contributed by atoms with E-state index in [1.807, 2.05) is 6.92 Å². The second-order valence-electron chi connectivity index (χ2n) is 3.95. The summed E-state index contributed by atoms with van der Waals surface area (Å²) in [6, 6.07) is 6.52. The summed E-state index contributed by atoms with van der Waals surface area (Å²) in [5.74, 6) is 0.523. The van der Waals surface area contributed by atoms with E-state index in [9.17, 15) is 10.1 Å². The van der Waals surface area contributed by atoms with Gasteiger partial charge in [0.25, 0.3) is 5.69 Å². The second-order valence-corrected chi connectivity index (χ2v) is 3.95. The van der Waals surface area contributed by atoms with Crippen LogP contribution in [0.25, 0.3) is 0 Å². The molecule has 1 aromatic carbocycles. The second kappa shape index (κ2) is 4.32. The molecule has 1 unspecified atom stereocenters. The highest BCUT2D eigenvalue weighted by Crippen LogP contribution is 2.23. The molecule has 88 valence electrons. The third kappa shape index (κ3) is 2.15. The minimum atomic E-state index is -0.413. The van der Waals surface area contributed by atoms with Crippen molar-refractivity contribution in [3.63, 3.8) is 0 Å². The number of amidine groups is 1. The van der Waals surface area contributed by atoms with Crippen LogP contribution in [0.3, 0.4) is 0 Å². The van der Waals surface area contributed by atoms with Crippen molar-refractivity contribution in [2.24, 2.45) is 21.9 Å². The van der Waals surface area contributed by atoms with Gasteiger partial charge in [0.2, 0.25) is 0 Å². The number of nitrogens with zero attached hydrogens (tertiary/aromatic N) is 3. The summed E-state index contributed by atoms with van der Waals surface area (Å²) in [4.78, 5) is 10.5. The Balaban J connectivity index is 2.45. The lowest BCUT2D eigenvalue weighted by molar-refractivity contribution is -0.385. The monoisotopic (exact) mass is 232 g/mol. The first kappa shape index (κ1) is 11.3. The molecule has 1 atom stereocenters. The Morgan fingerprint density at radius 3 is 2.76 bits per heavy atom. The molecule has 2 rings (SSSR count). The molecule has 0 amide bonds. The average molecular weight is 232 g/mol. The Kier molecular flexibility index (Phi) is 2.86. The summed E-state index contributed by atoms with van der Waals surface area (Å²) in [6.45, 7) is 1.92. The fraction of sp³-hybridized carbons (Fsp3) is 0.273. The maximum atomic E-state index is 10.9. The normalized spacial score (nSPS) is 19.5. The lowest BCUT2D eigenvalue weighted by Gasteiger charge is -2.15. The Hall–Kier alpha value is -2.24. The predicted molar refractivity (Wildman–Crippen MR) is 65.0 cm³/mol. The molecular formula is C11H12N4O2. The first-order chi connectivity index (χ1) is 8.09. The highest BCUT2D eigenvalue weighted by molar-refractivity contribution is 6.07. The van der Waals surface area contributed by atoms with E-state index >= 15 is 0 Å². The van der Waals surface area contributed by atoms with Crippen LogP contribution >= 0.6 is 0 Å². The van der Waals surface area contributed by atoms with E-state index in [0.29, 0.717) is 23.5 Å². The van der Waals surface area contributed by atoms with E-state index in [1.165, 1.54) is 6.07 Å². The predicted octanol–water partition coefficient (Wildman–Crippen LogP) is 1.70. The van der Waals surface area contributed by atoms with Crippen molar-refractivity contribution in [2.45, 2.75) is 13.3 Å². The number of benzene rings is 1. The number of nitro groups is 1. The van der Waals surface area contributed by atoms with Crippen molar-refractivity contribution in [3.8, 4) is 0 Å². The van der Waals surface area contributed by atoms with Crippen molar-refractivity contribution in [3.05, 3.63) is 39.9 Å². The van der Waals surface area contributed by atoms with Crippen molar-refractivity contribution in [1.29, 1.82) is 0 Å². The van der Waals surface area contributed by atoms with E-state index in [0.717, 1.165) is 0 Å². The molecule has 17 heavy (non-hydrogen) atoms. The summed E-state index contributed by atoms with van der Waals surface area (Å²) in [5.41, 5.74) is 6.80. The number of nitrogens with two attached hydrogens (primary N) is 1. The minimum Gasteiger partial charge on any atom is -0.385 e. The summed E-state index contributed by atoms with van der Waals surface area (Å²) in [7, 11) is 0. The third-order valence-electron chi connectivity index (χ3n) is 2.70. The molecule has 1 aliphatic heterocycles. The Morgan fingerprint density at radius 2 is 2.12 bits per heavy atom. The molecule has 0 saturated carbocycles. The first-order valence-corrected chi connectivity index (χ1v) is 5.23. The van der Waals surface area contributed by atoms with Gasteiger partial charge in [-0.15, -0.1) is 5.10 Å². The zero-order valence-electron chi connectivity index (χ0n) is 9.33. The van der Waals surface area contributed by atoms with Crippen LogP contribution in [-0.2, 0) is 0 Å². The van der Waals surface area contributed by atoms with Gasteiger partial charge in [-0.1, -0.05) is 19.1 Å². The summed E-state index contributed by atoms with van der Waals surface area (Å²) in [6.07, 6.45) is 0.570. The zero-order valence-corrected chi connectivity index (χ0v) is 9.33. The van der Waals surface area contributed by atoms with Gasteiger partial charge in [0.1, 0.15) is 5.84 Å². The van der Waals surface area contributed by atoms with Gasteiger partial charge in [-0.05, 0) is 6.07 Å². The van der Waals surface area contributed by atoms with Crippen molar-refractivity contribution in [1.82, 2.24) is 0 Å². The molecule has 0 aliphatic carbocycles. The number of hydrogen-bond acceptors (Lipinski definition) is 5. The Morgan fingerprint density at radius 1 is 1.41 bits per heavy atom. The largest absolute Gasteiger partial charge is 0.385 e. The number of hydrogen-bond donors (Lipinski definition) is 1. The topological polar surface area (TPSA) is 93.9 Å².